The van der Waals surface area contributed by atoms with Crippen LogP contribution in [0.3, 0.4) is 0 Å². The lowest BCUT2D eigenvalue weighted by molar-refractivity contribution is -0.115. The molecule has 0 spiro atoms. The molecule has 0 atom stereocenters. The predicted octanol–water partition coefficient (Wildman–Crippen LogP) is 5.56. The van der Waals surface area contributed by atoms with Crippen LogP contribution in [0, 0.1) is 6.92 Å². The first-order valence-electron chi connectivity index (χ1n) is 9.31. The second-order valence-corrected chi connectivity index (χ2v) is 7.38. The molecule has 6 nitrogen and oxygen atoms in total. The summed E-state index contributed by atoms with van der Waals surface area (Å²) in [5, 5.41) is 4.72. The minimum atomic E-state index is -2.94. The molecule has 2 aromatic heterocycles. The number of oxazole rings is 1. The van der Waals surface area contributed by atoms with Crippen molar-refractivity contribution >= 4 is 22.4 Å². The van der Waals surface area contributed by atoms with Crippen LogP contribution < -0.4 is 10.1 Å². The van der Waals surface area contributed by atoms with Crippen molar-refractivity contribution in [2.45, 2.75) is 20.0 Å². The number of alkyl halides is 2. The van der Waals surface area contributed by atoms with Crippen LogP contribution >= 0.6 is 11.3 Å². The normalized spacial score (nSPS) is 11.0. The van der Waals surface area contributed by atoms with Gasteiger partial charge in [-0.05, 0) is 31.2 Å². The Kier molecular flexibility index (Phi) is 6.03. The van der Waals surface area contributed by atoms with Crippen LogP contribution in [0.4, 0.5) is 13.9 Å². The first-order valence-corrected chi connectivity index (χ1v) is 10.2. The second-order valence-electron chi connectivity index (χ2n) is 6.53. The zero-order valence-corrected chi connectivity index (χ0v) is 17.2. The maximum atomic E-state index is 12.6. The molecular formula is C22H17F2N3O3S. The van der Waals surface area contributed by atoms with Gasteiger partial charge in [0.15, 0.2) is 5.13 Å². The molecule has 0 fully saturated rings. The topological polar surface area (TPSA) is 77.3 Å². The van der Waals surface area contributed by atoms with Gasteiger partial charge in [0.2, 0.25) is 11.8 Å². The lowest BCUT2D eigenvalue weighted by Gasteiger charge is -2.08. The summed E-state index contributed by atoms with van der Waals surface area (Å²) in [6, 6.07) is 15.8. The monoisotopic (exact) mass is 441 g/mol. The SMILES string of the molecule is Cc1oc(-c2ccccc2)nc1CC(=O)Nc1nc(-c2ccccc2OC(F)F)cs1. The van der Waals surface area contributed by atoms with Gasteiger partial charge in [0, 0.05) is 16.5 Å². The van der Waals surface area contributed by atoms with E-state index in [1.54, 1.807) is 30.5 Å². The van der Waals surface area contributed by atoms with Crippen LogP contribution in [0.15, 0.2) is 64.4 Å². The number of halogens is 2. The van der Waals surface area contributed by atoms with Crippen LogP contribution in [0.2, 0.25) is 0 Å². The Morgan fingerprint density at radius 2 is 1.87 bits per heavy atom. The lowest BCUT2D eigenvalue weighted by Crippen LogP contribution is -2.15. The smallest absolute Gasteiger partial charge is 0.387 e. The van der Waals surface area contributed by atoms with Crippen molar-refractivity contribution in [2.24, 2.45) is 0 Å². The molecule has 0 aliphatic heterocycles. The summed E-state index contributed by atoms with van der Waals surface area (Å²) in [5.74, 6) is 0.723. The third kappa shape index (κ3) is 4.95. The Morgan fingerprint density at radius 3 is 2.65 bits per heavy atom. The third-order valence-corrected chi connectivity index (χ3v) is 5.13. The van der Waals surface area contributed by atoms with Gasteiger partial charge >= 0.3 is 6.61 Å². The van der Waals surface area contributed by atoms with Crippen molar-refractivity contribution in [1.82, 2.24) is 9.97 Å². The number of amides is 1. The number of rotatable bonds is 7. The van der Waals surface area contributed by atoms with Crippen molar-refractivity contribution < 1.29 is 22.7 Å². The van der Waals surface area contributed by atoms with E-state index < -0.39 is 6.61 Å². The summed E-state index contributed by atoms with van der Waals surface area (Å²) in [6.45, 7) is -1.19. The van der Waals surface area contributed by atoms with Gasteiger partial charge in [-0.25, -0.2) is 9.97 Å². The number of benzene rings is 2. The number of carbonyl (C=O) groups is 1. The average molecular weight is 441 g/mol. The first-order chi connectivity index (χ1) is 15.0. The second kappa shape index (κ2) is 9.05. The van der Waals surface area contributed by atoms with Gasteiger partial charge in [-0.1, -0.05) is 30.3 Å². The van der Waals surface area contributed by atoms with Gasteiger partial charge in [-0.3, -0.25) is 4.79 Å². The molecule has 0 saturated heterocycles. The van der Waals surface area contributed by atoms with Gasteiger partial charge in [0.25, 0.3) is 0 Å². The van der Waals surface area contributed by atoms with E-state index in [2.05, 4.69) is 20.0 Å². The van der Waals surface area contributed by atoms with E-state index in [1.807, 2.05) is 30.3 Å². The molecule has 0 bridgehead atoms. The van der Waals surface area contributed by atoms with Gasteiger partial charge in [0.05, 0.1) is 17.8 Å². The number of nitrogens with zero attached hydrogens (tertiary/aromatic N) is 2. The van der Waals surface area contributed by atoms with Crippen molar-refractivity contribution in [3.63, 3.8) is 0 Å². The Morgan fingerprint density at radius 1 is 1.13 bits per heavy atom. The number of nitrogens with one attached hydrogen (secondary N) is 1. The van der Waals surface area contributed by atoms with E-state index in [9.17, 15) is 13.6 Å². The van der Waals surface area contributed by atoms with Gasteiger partial charge < -0.3 is 14.5 Å². The molecule has 0 saturated carbocycles. The predicted molar refractivity (Wildman–Crippen MR) is 113 cm³/mol. The molecule has 4 rings (SSSR count). The molecule has 9 heteroatoms. The van der Waals surface area contributed by atoms with Crippen molar-refractivity contribution in [3.8, 4) is 28.5 Å². The molecule has 0 aliphatic rings. The number of carbonyl (C=O) groups excluding carboxylic acids is 1. The number of ether oxygens (including phenoxy) is 1. The fourth-order valence-corrected chi connectivity index (χ4v) is 3.67. The highest BCUT2D eigenvalue weighted by atomic mass is 32.1. The van der Waals surface area contributed by atoms with E-state index >= 15 is 0 Å². The largest absolute Gasteiger partial charge is 0.441 e. The Hall–Kier alpha value is -3.59. The highest BCUT2D eigenvalue weighted by molar-refractivity contribution is 7.14. The van der Waals surface area contributed by atoms with Crippen molar-refractivity contribution in [1.29, 1.82) is 0 Å². The fraction of sp³-hybridized carbons (Fsp3) is 0.136. The van der Waals surface area contributed by atoms with Crippen molar-refractivity contribution in [2.75, 3.05) is 5.32 Å². The summed E-state index contributed by atoms with van der Waals surface area (Å²) in [5.41, 5.74) is 2.20. The lowest BCUT2D eigenvalue weighted by atomic mass is 10.1. The molecule has 2 heterocycles. The molecule has 4 aromatic rings. The molecule has 1 N–H and O–H groups in total. The van der Waals surface area contributed by atoms with Gasteiger partial charge in [0.1, 0.15) is 11.5 Å². The zero-order valence-electron chi connectivity index (χ0n) is 16.3. The highest BCUT2D eigenvalue weighted by Gasteiger charge is 2.17. The summed E-state index contributed by atoms with van der Waals surface area (Å²) >= 11 is 1.19. The van der Waals surface area contributed by atoms with Crippen molar-refractivity contribution in [3.05, 3.63) is 71.4 Å². The molecule has 31 heavy (non-hydrogen) atoms. The van der Waals surface area contributed by atoms with Crippen LogP contribution in [0.25, 0.3) is 22.7 Å². The number of aryl methyl sites for hydroxylation is 1. The molecule has 0 unspecified atom stereocenters. The Balaban J connectivity index is 1.45. The summed E-state index contributed by atoms with van der Waals surface area (Å²) in [6.07, 6.45) is 0.0160. The first kappa shape index (κ1) is 20.7. The van der Waals surface area contributed by atoms with Gasteiger partial charge in [-0.2, -0.15) is 8.78 Å². The minimum absolute atomic E-state index is 0.0160. The molecule has 158 valence electrons. The average Bonchev–Trinajstić information content (AvgIpc) is 3.35. The van der Waals surface area contributed by atoms with Crippen LogP contribution in [-0.4, -0.2) is 22.5 Å². The number of hydrogen-bond acceptors (Lipinski definition) is 6. The molecular weight excluding hydrogens is 424 g/mol. The molecule has 0 aliphatic carbocycles. The Bertz CT molecular complexity index is 1190. The standard InChI is InChI=1S/C22H17F2N3O3S/c1-13-16(25-20(29-13)14-7-3-2-4-8-14)11-19(28)27-22-26-17(12-31-22)15-9-5-6-10-18(15)30-21(23)24/h2-10,12,21H,11H2,1H3,(H,26,27,28). The van der Waals surface area contributed by atoms with E-state index in [0.29, 0.717) is 33.7 Å². The zero-order chi connectivity index (χ0) is 21.8. The number of anilines is 1. The summed E-state index contributed by atoms with van der Waals surface area (Å²) in [7, 11) is 0. The maximum Gasteiger partial charge on any atom is 0.387 e. The van der Waals surface area contributed by atoms with Crippen LogP contribution in [0.1, 0.15) is 11.5 Å². The van der Waals surface area contributed by atoms with E-state index in [1.165, 1.54) is 17.4 Å². The van der Waals surface area contributed by atoms with Crippen LogP contribution in [-0.2, 0) is 11.2 Å². The Labute approximate surface area is 180 Å². The summed E-state index contributed by atoms with van der Waals surface area (Å²) in [4.78, 5) is 21.2. The molecule has 1 amide bonds. The number of aromatic nitrogens is 2. The maximum absolute atomic E-state index is 12.6. The van der Waals surface area contributed by atoms with E-state index in [4.69, 9.17) is 4.42 Å². The molecule has 0 radical (unpaired) electrons. The van der Waals surface area contributed by atoms with Crippen LogP contribution in [0.5, 0.6) is 5.75 Å². The third-order valence-electron chi connectivity index (χ3n) is 4.37. The minimum Gasteiger partial charge on any atom is -0.441 e. The van der Waals surface area contributed by atoms with E-state index in [0.717, 1.165) is 5.56 Å². The highest BCUT2D eigenvalue weighted by Crippen LogP contribution is 2.33. The van der Waals surface area contributed by atoms with Gasteiger partial charge in [-0.15, -0.1) is 11.3 Å². The van der Waals surface area contributed by atoms with E-state index in [-0.39, 0.29) is 18.1 Å². The number of hydrogen-bond donors (Lipinski definition) is 1. The molecule has 2 aromatic carbocycles. The quantitative estimate of drug-likeness (QED) is 0.407. The fourth-order valence-electron chi connectivity index (χ4n) is 2.94. The summed E-state index contributed by atoms with van der Waals surface area (Å²) < 4.78 is 35.5. The number of thiazole rings is 1. The number of para-hydroxylation sites is 1.